The molecule has 1 amide bonds. The summed E-state index contributed by atoms with van der Waals surface area (Å²) in [7, 11) is 1.69. The highest BCUT2D eigenvalue weighted by molar-refractivity contribution is 9.10. The molecule has 0 radical (unpaired) electrons. The summed E-state index contributed by atoms with van der Waals surface area (Å²) in [4.78, 5) is 12.8. The Morgan fingerprint density at radius 3 is 3.00 bits per heavy atom. The minimum absolute atomic E-state index is 0.105. The lowest BCUT2D eigenvalue weighted by Crippen LogP contribution is -2.34. The van der Waals surface area contributed by atoms with Gasteiger partial charge in [-0.2, -0.15) is 0 Å². The van der Waals surface area contributed by atoms with Gasteiger partial charge in [0.1, 0.15) is 0 Å². The fourth-order valence-electron chi connectivity index (χ4n) is 2.34. The van der Waals surface area contributed by atoms with Crippen molar-refractivity contribution in [1.82, 2.24) is 0 Å². The normalized spacial score (nSPS) is 23.3. The summed E-state index contributed by atoms with van der Waals surface area (Å²) in [6.45, 7) is 3.41. The molecule has 0 aromatic heterocycles. The Labute approximate surface area is 104 Å². The summed E-state index contributed by atoms with van der Waals surface area (Å²) >= 11 is 3.42. The third kappa shape index (κ3) is 1.76. The molecule has 0 fully saturated rings. The van der Waals surface area contributed by atoms with E-state index in [1.165, 1.54) is 5.56 Å². The molecule has 1 atom stereocenters. The van der Waals surface area contributed by atoms with Crippen molar-refractivity contribution in [2.75, 3.05) is 25.2 Å². The molecule has 0 saturated carbocycles. The number of hydrogen-bond donors (Lipinski definition) is 0. The molecule has 1 aliphatic heterocycles. The van der Waals surface area contributed by atoms with E-state index >= 15 is 0 Å². The first-order valence-electron chi connectivity index (χ1n) is 5.11. The molecule has 16 heavy (non-hydrogen) atoms. The molecule has 0 N–H and O–H groups in total. The predicted molar refractivity (Wildman–Crippen MR) is 66.8 cm³/mol. The summed E-state index contributed by atoms with van der Waals surface area (Å²) in [6, 6.07) is 6.04. The predicted octanol–water partition coefficient (Wildman–Crippen LogP) is 2.33. The molecule has 1 aromatic rings. The molecule has 86 valence electrons. The SMILES string of the molecule is COCC1(C)CN(C=O)c2cc(Br)ccc21. The van der Waals surface area contributed by atoms with Gasteiger partial charge in [-0.05, 0) is 17.7 Å². The van der Waals surface area contributed by atoms with Gasteiger partial charge in [0.25, 0.3) is 0 Å². The number of fused-ring (bicyclic) bond motifs is 1. The Balaban J connectivity index is 2.49. The molecule has 0 saturated heterocycles. The zero-order valence-corrected chi connectivity index (χ0v) is 11.0. The van der Waals surface area contributed by atoms with Crippen LogP contribution in [0.1, 0.15) is 12.5 Å². The minimum atomic E-state index is -0.105. The van der Waals surface area contributed by atoms with Crippen LogP contribution in [-0.2, 0) is 14.9 Å². The van der Waals surface area contributed by atoms with Gasteiger partial charge in [0.2, 0.25) is 6.41 Å². The Kier molecular flexibility index (Phi) is 3.04. The topological polar surface area (TPSA) is 29.5 Å². The fourth-order valence-corrected chi connectivity index (χ4v) is 2.68. The summed E-state index contributed by atoms with van der Waals surface area (Å²) < 4.78 is 6.24. The van der Waals surface area contributed by atoms with Gasteiger partial charge in [0, 0.05) is 29.2 Å². The molecule has 0 spiro atoms. The van der Waals surface area contributed by atoms with E-state index in [0.29, 0.717) is 13.2 Å². The van der Waals surface area contributed by atoms with Crippen molar-refractivity contribution in [3.8, 4) is 0 Å². The monoisotopic (exact) mass is 283 g/mol. The first-order valence-corrected chi connectivity index (χ1v) is 5.91. The standard InChI is InChI=1S/C12H14BrNO2/c1-12(7-16-2)6-14(8-15)11-5-9(13)3-4-10(11)12/h3-5,8H,6-7H2,1-2H3. The maximum absolute atomic E-state index is 11.0. The second-order valence-corrected chi connectivity index (χ2v) is 5.30. The highest BCUT2D eigenvalue weighted by Crippen LogP contribution is 2.41. The van der Waals surface area contributed by atoms with Crippen LogP contribution in [0.25, 0.3) is 0 Å². The smallest absolute Gasteiger partial charge is 0.214 e. The molecular weight excluding hydrogens is 270 g/mol. The van der Waals surface area contributed by atoms with E-state index < -0.39 is 0 Å². The van der Waals surface area contributed by atoms with Crippen LogP contribution in [0.4, 0.5) is 5.69 Å². The minimum Gasteiger partial charge on any atom is -0.384 e. The van der Waals surface area contributed by atoms with Crippen molar-refractivity contribution in [2.45, 2.75) is 12.3 Å². The van der Waals surface area contributed by atoms with Crippen LogP contribution in [0.5, 0.6) is 0 Å². The molecule has 4 heteroatoms. The van der Waals surface area contributed by atoms with Crippen LogP contribution >= 0.6 is 15.9 Å². The lowest BCUT2D eigenvalue weighted by molar-refractivity contribution is -0.107. The van der Waals surface area contributed by atoms with E-state index in [4.69, 9.17) is 4.74 Å². The number of hydrogen-bond acceptors (Lipinski definition) is 2. The molecular formula is C12H14BrNO2. The van der Waals surface area contributed by atoms with Crippen LogP contribution < -0.4 is 4.90 Å². The number of carbonyl (C=O) groups excluding carboxylic acids is 1. The first kappa shape index (κ1) is 11.6. The Morgan fingerprint density at radius 2 is 2.38 bits per heavy atom. The van der Waals surface area contributed by atoms with Crippen LogP contribution in [0.2, 0.25) is 0 Å². The number of benzene rings is 1. The summed E-state index contributed by atoms with van der Waals surface area (Å²) in [6.07, 6.45) is 0.881. The number of rotatable bonds is 3. The average Bonchev–Trinajstić information content (AvgIpc) is 2.52. The van der Waals surface area contributed by atoms with Gasteiger partial charge in [0.05, 0.1) is 6.61 Å². The average molecular weight is 284 g/mol. The quantitative estimate of drug-likeness (QED) is 0.797. The van der Waals surface area contributed by atoms with E-state index in [1.807, 2.05) is 12.1 Å². The van der Waals surface area contributed by atoms with Gasteiger partial charge in [-0.25, -0.2) is 0 Å². The van der Waals surface area contributed by atoms with Gasteiger partial charge >= 0.3 is 0 Å². The number of ether oxygens (including phenoxy) is 1. The lowest BCUT2D eigenvalue weighted by Gasteiger charge is -2.23. The maximum atomic E-state index is 11.0. The van der Waals surface area contributed by atoms with Gasteiger partial charge in [-0.15, -0.1) is 0 Å². The van der Waals surface area contributed by atoms with Gasteiger partial charge < -0.3 is 9.64 Å². The second-order valence-electron chi connectivity index (χ2n) is 4.39. The van der Waals surface area contributed by atoms with Crippen molar-refractivity contribution in [3.63, 3.8) is 0 Å². The molecule has 0 aliphatic carbocycles. The lowest BCUT2D eigenvalue weighted by atomic mass is 9.85. The van der Waals surface area contributed by atoms with Crippen molar-refractivity contribution < 1.29 is 9.53 Å². The summed E-state index contributed by atoms with van der Waals surface area (Å²) in [5.74, 6) is 0. The Morgan fingerprint density at radius 1 is 1.62 bits per heavy atom. The fraction of sp³-hybridized carbons (Fsp3) is 0.417. The zero-order chi connectivity index (χ0) is 11.8. The number of halogens is 1. The summed E-state index contributed by atoms with van der Waals surface area (Å²) in [5.41, 5.74) is 2.04. The van der Waals surface area contributed by atoms with E-state index in [0.717, 1.165) is 16.6 Å². The van der Waals surface area contributed by atoms with E-state index in [2.05, 4.69) is 28.9 Å². The number of anilines is 1. The number of methoxy groups -OCH3 is 1. The third-order valence-electron chi connectivity index (χ3n) is 3.03. The summed E-state index contributed by atoms with van der Waals surface area (Å²) in [5, 5.41) is 0. The molecule has 1 heterocycles. The number of nitrogens with zero attached hydrogens (tertiary/aromatic N) is 1. The van der Waals surface area contributed by atoms with Crippen LogP contribution in [0.3, 0.4) is 0 Å². The molecule has 0 bridgehead atoms. The Bertz CT molecular complexity index is 421. The van der Waals surface area contributed by atoms with E-state index in [9.17, 15) is 4.79 Å². The van der Waals surface area contributed by atoms with Crippen LogP contribution in [0.15, 0.2) is 22.7 Å². The maximum Gasteiger partial charge on any atom is 0.214 e. The van der Waals surface area contributed by atoms with Crippen LogP contribution in [0, 0.1) is 0 Å². The number of carbonyl (C=O) groups is 1. The first-order chi connectivity index (χ1) is 7.60. The number of amides is 1. The van der Waals surface area contributed by atoms with Crippen molar-refractivity contribution in [1.29, 1.82) is 0 Å². The molecule has 3 nitrogen and oxygen atoms in total. The molecule has 1 aliphatic rings. The molecule has 1 unspecified atom stereocenters. The molecule has 1 aromatic carbocycles. The zero-order valence-electron chi connectivity index (χ0n) is 9.37. The van der Waals surface area contributed by atoms with Gasteiger partial charge in [-0.1, -0.05) is 28.9 Å². The van der Waals surface area contributed by atoms with E-state index in [1.54, 1.807) is 12.0 Å². The molecule has 2 rings (SSSR count). The van der Waals surface area contributed by atoms with Crippen molar-refractivity contribution in [3.05, 3.63) is 28.2 Å². The Hall–Kier alpha value is -0.870. The van der Waals surface area contributed by atoms with Gasteiger partial charge in [0.15, 0.2) is 0 Å². The van der Waals surface area contributed by atoms with Crippen molar-refractivity contribution >= 4 is 28.0 Å². The highest BCUT2D eigenvalue weighted by atomic mass is 79.9. The third-order valence-corrected chi connectivity index (χ3v) is 3.52. The second kappa shape index (κ2) is 4.18. The largest absolute Gasteiger partial charge is 0.384 e. The van der Waals surface area contributed by atoms with Crippen molar-refractivity contribution in [2.24, 2.45) is 0 Å². The highest BCUT2D eigenvalue weighted by Gasteiger charge is 2.38. The van der Waals surface area contributed by atoms with Crippen LogP contribution in [-0.4, -0.2) is 26.7 Å². The van der Waals surface area contributed by atoms with Gasteiger partial charge in [-0.3, -0.25) is 4.79 Å². The van der Waals surface area contributed by atoms with E-state index in [-0.39, 0.29) is 5.41 Å².